The molecule has 1 aromatic heterocycles. The minimum absolute atomic E-state index is 0.0663. The van der Waals surface area contributed by atoms with Gasteiger partial charge in [0.2, 0.25) is 0 Å². The van der Waals surface area contributed by atoms with Crippen LogP contribution in [-0.4, -0.2) is 33.5 Å². The number of rotatable bonds is 6. The lowest BCUT2D eigenvalue weighted by Gasteiger charge is -2.12. The predicted molar refractivity (Wildman–Crippen MR) is 135 cm³/mol. The minimum atomic E-state index is -0.901. The number of amides is 1. The van der Waals surface area contributed by atoms with E-state index in [9.17, 15) is 9.59 Å². The number of furan rings is 1. The number of carbonyl (C=O) groups excluding carboxylic acids is 1. The number of carboxylic acid groups (broad SMARTS) is 1. The molecular weight excluding hydrogens is 450 g/mol. The van der Waals surface area contributed by atoms with Crippen LogP contribution in [-0.2, 0) is 4.79 Å². The molecule has 34 heavy (non-hydrogen) atoms. The molecule has 1 amide bonds. The highest BCUT2D eigenvalue weighted by Gasteiger charge is 2.19. The molecule has 1 aliphatic rings. The topological polar surface area (TPSA) is 104 Å². The molecule has 0 aliphatic carbocycles. The third kappa shape index (κ3) is 4.77. The molecule has 0 saturated carbocycles. The standard InChI is InChI=1S/C26H19N3O4S/c30-25(31)15-34-24-14-22(28-29-24)20-11-19(18-8-7-16-4-1-2-5-17(16)10-18)12-21(13-20)27-26(32)23-6-3-9-33-23/h1-13H,14-15H2,(H,27,32)(H,30,31). The first kappa shape index (κ1) is 21.7. The van der Waals surface area contributed by atoms with Crippen molar-refractivity contribution in [3.05, 3.63) is 90.4 Å². The molecule has 168 valence electrons. The first-order chi connectivity index (χ1) is 16.5. The minimum Gasteiger partial charge on any atom is -0.481 e. The van der Waals surface area contributed by atoms with Crippen LogP contribution >= 0.6 is 11.8 Å². The lowest BCUT2D eigenvalue weighted by atomic mass is 9.97. The summed E-state index contributed by atoms with van der Waals surface area (Å²) < 4.78 is 5.22. The van der Waals surface area contributed by atoms with Crippen molar-refractivity contribution in [3.63, 3.8) is 0 Å². The number of aliphatic carboxylic acids is 1. The summed E-state index contributed by atoms with van der Waals surface area (Å²) >= 11 is 1.16. The molecule has 0 unspecified atom stereocenters. The van der Waals surface area contributed by atoms with E-state index in [2.05, 4.69) is 39.8 Å². The number of thioether (sulfide) groups is 1. The number of carbonyl (C=O) groups is 2. The number of benzene rings is 3. The van der Waals surface area contributed by atoms with E-state index in [0.717, 1.165) is 39.2 Å². The fourth-order valence-corrected chi connectivity index (χ4v) is 4.34. The Kier molecular flexibility index (Phi) is 5.97. The molecule has 0 spiro atoms. The SMILES string of the molecule is O=C(O)CSC1=NN=C(c2cc(NC(=O)c3ccco3)cc(-c3ccc4ccccc4c3)c2)C1. The van der Waals surface area contributed by atoms with Crippen molar-refractivity contribution in [1.29, 1.82) is 0 Å². The van der Waals surface area contributed by atoms with E-state index in [1.165, 1.54) is 6.26 Å². The first-order valence-electron chi connectivity index (χ1n) is 10.5. The van der Waals surface area contributed by atoms with E-state index in [-0.39, 0.29) is 17.4 Å². The number of hydrogen-bond acceptors (Lipinski definition) is 6. The van der Waals surface area contributed by atoms with Crippen molar-refractivity contribution in [1.82, 2.24) is 0 Å². The second kappa shape index (κ2) is 9.36. The normalized spacial score (nSPS) is 12.9. The van der Waals surface area contributed by atoms with E-state index in [1.807, 2.05) is 36.4 Å². The number of hydrogen-bond donors (Lipinski definition) is 2. The molecule has 1 aliphatic heterocycles. The van der Waals surface area contributed by atoms with Crippen molar-refractivity contribution < 1.29 is 19.1 Å². The van der Waals surface area contributed by atoms with Crippen LogP contribution in [0.2, 0.25) is 0 Å². The van der Waals surface area contributed by atoms with E-state index >= 15 is 0 Å². The van der Waals surface area contributed by atoms with Crippen LogP contribution in [0.25, 0.3) is 21.9 Å². The predicted octanol–water partition coefficient (Wildman–Crippen LogP) is 5.68. The van der Waals surface area contributed by atoms with Gasteiger partial charge >= 0.3 is 5.97 Å². The fraction of sp³-hybridized carbons (Fsp3) is 0.0769. The van der Waals surface area contributed by atoms with Crippen molar-refractivity contribution in [3.8, 4) is 11.1 Å². The molecule has 0 saturated heterocycles. The molecule has 0 atom stereocenters. The summed E-state index contributed by atoms with van der Waals surface area (Å²) in [7, 11) is 0. The van der Waals surface area contributed by atoms with E-state index in [4.69, 9.17) is 9.52 Å². The Balaban J connectivity index is 1.49. The van der Waals surface area contributed by atoms with Crippen LogP contribution in [0.4, 0.5) is 5.69 Å². The molecule has 0 bridgehead atoms. The number of carboxylic acids is 1. The maximum Gasteiger partial charge on any atom is 0.313 e. The summed E-state index contributed by atoms with van der Waals surface area (Å²) in [6.45, 7) is 0. The van der Waals surface area contributed by atoms with Crippen molar-refractivity contribution in [2.75, 3.05) is 11.1 Å². The second-order valence-corrected chi connectivity index (χ2v) is 8.74. The first-order valence-corrected chi connectivity index (χ1v) is 11.5. The van der Waals surface area contributed by atoms with Crippen LogP contribution in [0.1, 0.15) is 22.5 Å². The Morgan fingerprint density at radius 1 is 0.912 bits per heavy atom. The number of nitrogens with zero attached hydrogens (tertiary/aromatic N) is 2. The van der Waals surface area contributed by atoms with Crippen molar-refractivity contribution in [2.24, 2.45) is 10.2 Å². The maximum absolute atomic E-state index is 12.6. The summed E-state index contributed by atoms with van der Waals surface area (Å²) in [5.41, 5.74) is 4.01. The van der Waals surface area contributed by atoms with Crippen LogP contribution < -0.4 is 5.32 Å². The second-order valence-electron chi connectivity index (χ2n) is 7.69. The zero-order valence-corrected chi connectivity index (χ0v) is 18.7. The maximum atomic E-state index is 12.6. The Morgan fingerprint density at radius 2 is 1.74 bits per heavy atom. The molecule has 2 heterocycles. The van der Waals surface area contributed by atoms with Crippen LogP contribution in [0.15, 0.2) is 93.7 Å². The van der Waals surface area contributed by atoms with Crippen LogP contribution in [0.3, 0.4) is 0 Å². The highest BCUT2D eigenvalue weighted by molar-refractivity contribution is 8.14. The van der Waals surface area contributed by atoms with E-state index < -0.39 is 5.97 Å². The quantitative estimate of drug-likeness (QED) is 0.378. The average Bonchev–Trinajstić information content (AvgIpc) is 3.55. The van der Waals surface area contributed by atoms with Gasteiger partial charge in [-0.05, 0) is 58.3 Å². The average molecular weight is 470 g/mol. The van der Waals surface area contributed by atoms with Gasteiger partial charge in [-0.1, -0.05) is 48.2 Å². The summed E-state index contributed by atoms with van der Waals surface area (Å²) in [6, 6.07) is 23.3. The van der Waals surface area contributed by atoms with Gasteiger partial charge < -0.3 is 14.8 Å². The molecule has 7 nitrogen and oxygen atoms in total. The summed E-state index contributed by atoms with van der Waals surface area (Å²) in [6.07, 6.45) is 1.89. The Labute approximate surface area is 199 Å². The van der Waals surface area contributed by atoms with Gasteiger partial charge in [0.1, 0.15) is 5.04 Å². The summed E-state index contributed by atoms with van der Waals surface area (Å²) in [5.74, 6) is -1.11. The lowest BCUT2D eigenvalue weighted by Crippen LogP contribution is -2.12. The third-order valence-corrected chi connectivity index (χ3v) is 6.27. The van der Waals surface area contributed by atoms with Gasteiger partial charge in [0.25, 0.3) is 5.91 Å². The van der Waals surface area contributed by atoms with Gasteiger partial charge in [0, 0.05) is 17.7 Å². The summed E-state index contributed by atoms with van der Waals surface area (Å²) in [5, 5.41) is 23.2. The Morgan fingerprint density at radius 3 is 2.53 bits per heavy atom. The van der Waals surface area contributed by atoms with Gasteiger partial charge in [0.05, 0.1) is 17.7 Å². The van der Waals surface area contributed by atoms with Gasteiger partial charge in [-0.3, -0.25) is 9.59 Å². The van der Waals surface area contributed by atoms with Crippen LogP contribution in [0, 0.1) is 0 Å². The van der Waals surface area contributed by atoms with Gasteiger partial charge in [-0.2, -0.15) is 5.10 Å². The molecular formula is C26H19N3O4S. The van der Waals surface area contributed by atoms with E-state index in [0.29, 0.717) is 22.9 Å². The molecule has 8 heteroatoms. The van der Waals surface area contributed by atoms with Gasteiger partial charge in [-0.15, -0.1) is 5.10 Å². The van der Waals surface area contributed by atoms with Crippen molar-refractivity contribution >= 4 is 50.9 Å². The highest BCUT2D eigenvalue weighted by atomic mass is 32.2. The Hall–Kier alpha value is -4.17. The largest absolute Gasteiger partial charge is 0.481 e. The number of nitrogens with one attached hydrogen (secondary N) is 1. The smallest absolute Gasteiger partial charge is 0.313 e. The zero-order valence-electron chi connectivity index (χ0n) is 17.9. The third-order valence-electron chi connectivity index (χ3n) is 5.32. The molecule has 5 rings (SSSR count). The molecule has 0 radical (unpaired) electrons. The van der Waals surface area contributed by atoms with Crippen LogP contribution in [0.5, 0.6) is 0 Å². The van der Waals surface area contributed by atoms with E-state index in [1.54, 1.807) is 12.1 Å². The van der Waals surface area contributed by atoms with Gasteiger partial charge in [0.15, 0.2) is 5.76 Å². The zero-order chi connectivity index (χ0) is 23.5. The van der Waals surface area contributed by atoms with Gasteiger partial charge in [-0.25, -0.2) is 0 Å². The molecule has 4 aromatic rings. The Bertz CT molecular complexity index is 1460. The number of anilines is 1. The summed E-state index contributed by atoms with van der Waals surface area (Å²) in [4.78, 5) is 23.5. The molecule has 2 N–H and O–H groups in total. The van der Waals surface area contributed by atoms with Crippen molar-refractivity contribution in [2.45, 2.75) is 6.42 Å². The lowest BCUT2D eigenvalue weighted by molar-refractivity contribution is -0.133. The molecule has 0 fully saturated rings. The monoisotopic (exact) mass is 469 g/mol. The fourth-order valence-electron chi connectivity index (χ4n) is 3.72. The highest BCUT2D eigenvalue weighted by Crippen LogP contribution is 2.30. The molecule has 3 aromatic carbocycles. The number of fused-ring (bicyclic) bond motifs is 1.